The molecule has 0 bridgehead atoms. The maximum Gasteiger partial charge on any atom is 0.122 e. The third-order valence-corrected chi connectivity index (χ3v) is 3.92. The topological polar surface area (TPSA) is 47.3 Å². The molecule has 0 spiro atoms. The average molecular weight is 305 g/mol. The molecule has 112 valence electrons. The highest BCUT2D eigenvalue weighted by molar-refractivity contribution is 6.31. The Kier molecular flexibility index (Phi) is 5.62. The van der Waals surface area contributed by atoms with Gasteiger partial charge in [0.25, 0.3) is 0 Å². The molecule has 21 heavy (non-hydrogen) atoms. The third kappa shape index (κ3) is 4.21. The van der Waals surface area contributed by atoms with Crippen LogP contribution in [-0.4, -0.2) is 13.2 Å². The fourth-order valence-corrected chi connectivity index (χ4v) is 2.72. The molecule has 1 atom stereocenters. The summed E-state index contributed by atoms with van der Waals surface area (Å²) in [5, 5.41) is 0.787. The Morgan fingerprint density at radius 1 is 1.14 bits per heavy atom. The van der Waals surface area contributed by atoms with E-state index < -0.39 is 0 Å². The third-order valence-electron chi connectivity index (χ3n) is 3.57. The van der Waals surface area contributed by atoms with Gasteiger partial charge in [0.05, 0.1) is 7.11 Å². The summed E-state index contributed by atoms with van der Waals surface area (Å²) in [5.74, 6) is 6.59. The lowest BCUT2D eigenvalue weighted by Crippen LogP contribution is -2.38. The van der Waals surface area contributed by atoms with E-state index in [1.807, 2.05) is 31.2 Å². The summed E-state index contributed by atoms with van der Waals surface area (Å²) >= 11 is 6.30. The number of ether oxygens (including phenoxy) is 1. The van der Waals surface area contributed by atoms with Crippen molar-refractivity contribution in [2.45, 2.75) is 25.8 Å². The fourth-order valence-electron chi connectivity index (χ4n) is 2.41. The Balaban J connectivity index is 2.13. The van der Waals surface area contributed by atoms with Crippen LogP contribution in [0.3, 0.4) is 0 Å². The number of nitrogens with one attached hydrogen (secondary N) is 1. The number of hydrazine groups is 1. The first-order valence-corrected chi connectivity index (χ1v) is 7.35. The zero-order valence-electron chi connectivity index (χ0n) is 12.4. The molecule has 0 radical (unpaired) electrons. The second-order valence-corrected chi connectivity index (χ2v) is 5.59. The quantitative estimate of drug-likeness (QED) is 0.636. The second kappa shape index (κ2) is 7.46. The van der Waals surface area contributed by atoms with Crippen molar-refractivity contribution >= 4 is 11.6 Å². The van der Waals surface area contributed by atoms with Crippen molar-refractivity contribution < 1.29 is 4.74 Å². The van der Waals surface area contributed by atoms with Crippen LogP contribution in [0, 0.1) is 6.92 Å². The van der Waals surface area contributed by atoms with Crippen LogP contribution >= 0.6 is 11.6 Å². The number of hydrogen-bond acceptors (Lipinski definition) is 3. The van der Waals surface area contributed by atoms with Crippen LogP contribution in [0.1, 0.15) is 16.7 Å². The number of halogens is 1. The summed E-state index contributed by atoms with van der Waals surface area (Å²) in [6, 6.07) is 14.2. The van der Waals surface area contributed by atoms with Crippen LogP contribution in [-0.2, 0) is 12.8 Å². The average Bonchev–Trinajstić information content (AvgIpc) is 2.49. The fraction of sp³-hybridized carbons (Fsp3) is 0.294. The van der Waals surface area contributed by atoms with Gasteiger partial charge < -0.3 is 4.74 Å². The Labute approximate surface area is 131 Å². The zero-order chi connectivity index (χ0) is 15.2. The molecule has 3 N–H and O–H groups in total. The van der Waals surface area contributed by atoms with E-state index >= 15 is 0 Å². The van der Waals surface area contributed by atoms with Gasteiger partial charge in [-0.15, -0.1) is 0 Å². The highest BCUT2D eigenvalue weighted by Gasteiger charge is 2.13. The molecule has 1 unspecified atom stereocenters. The van der Waals surface area contributed by atoms with E-state index in [1.165, 1.54) is 0 Å². The van der Waals surface area contributed by atoms with E-state index in [1.54, 1.807) is 7.11 Å². The molecule has 2 aromatic carbocycles. The SMILES string of the molecule is COc1ccccc1CC(Cc1ccc(C)cc1Cl)NN. The van der Waals surface area contributed by atoms with Gasteiger partial charge in [-0.2, -0.15) is 0 Å². The van der Waals surface area contributed by atoms with Crippen molar-refractivity contribution in [2.24, 2.45) is 5.84 Å². The maximum absolute atomic E-state index is 6.30. The Hall–Kier alpha value is -1.55. The smallest absolute Gasteiger partial charge is 0.122 e. The van der Waals surface area contributed by atoms with Crippen molar-refractivity contribution in [1.82, 2.24) is 5.43 Å². The van der Waals surface area contributed by atoms with E-state index in [2.05, 4.69) is 23.6 Å². The summed E-state index contributed by atoms with van der Waals surface area (Å²) in [6.45, 7) is 2.03. The number of aryl methyl sites for hydroxylation is 1. The summed E-state index contributed by atoms with van der Waals surface area (Å²) in [7, 11) is 1.68. The number of rotatable bonds is 6. The minimum absolute atomic E-state index is 0.0986. The minimum Gasteiger partial charge on any atom is -0.496 e. The lowest BCUT2D eigenvalue weighted by Gasteiger charge is -2.18. The van der Waals surface area contributed by atoms with Gasteiger partial charge in [0.15, 0.2) is 0 Å². The highest BCUT2D eigenvalue weighted by atomic mass is 35.5. The normalized spacial score (nSPS) is 12.2. The Bertz CT molecular complexity index is 601. The van der Waals surface area contributed by atoms with Crippen molar-refractivity contribution in [3.8, 4) is 5.75 Å². The van der Waals surface area contributed by atoms with E-state index in [0.717, 1.165) is 40.3 Å². The zero-order valence-corrected chi connectivity index (χ0v) is 13.2. The molecule has 0 amide bonds. The number of hydrogen-bond donors (Lipinski definition) is 2. The van der Waals surface area contributed by atoms with Crippen molar-refractivity contribution in [2.75, 3.05) is 7.11 Å². The number of nitrogens with two attached hydrogens (primary N) is 1. The molecule has 0 aromatic heterocycles. The monoisotopic (exact) mass is 304 g/mol. The molecular formula is C17H21ClN2O. The molecule has 0 fully saturated rings. The molecule has 0 aliphatic heterocycles. The standard InChI is InChI=1S/C17H21ClN2O/c1-12-7-8-13(16(18)9-12)10-15(20-19)11-14-5-3-4-6-17(14)21-2/h3-9,15,20H,10-11,19H2,1-2H3. The lowest BCUT2D eigenvalue weighted by molar-refractivity contribution is 0.404. The van der Waals surface area contributed by atoms with Crippen molar-refractivity contribution in [1.29, 1.82) is 0 Å². The van der Waals surface area contributed by atoms with Crippen LogP contribution in [0.25, 0.3) is 0 Å². The molecule has 0 saturated heterocycles. The van der Waals surface area contributed by atoms with Gasteiger partial charge in [-0.3, -0.25) is 11.3 Å². The van der Waals surface area contributed by atoms with Gasteiger partial charge in [0.1, 0.15) is 5.75 Å². The van der Waals surface area contributed by atoms with Gasteiger partial charge in [-0.1, -0.05) is 41.9 Å². The van der Waals surface area contributed by atoms with Crippen molar-refractivity contribution in [3.05, 3.63) is 64.2 Å². The van der Waals surface area contributed by atoms with Crippen LogP contribution < -0.4 is 16.0 Å². The molecule has 3 nitrogen and oxygen atoms in total. The molecule has 2 rings (SSSR count). The van der Waals surface area contributed by atoms with Gasteiger partial charge in [0, 0.05) is 11.1 Å². The Morgan fingerprint density at radius 2 is 1.86 bits per heavy atom. The van der Waals surface area contributed by atoms with Gasteiger partial charge in [-0.25, -0.2) is 0 Å². The molecule has 0 aliphatic rings. The highest BCUT2D eigenvalue weighted by Crippen LogP contribution is 2.23. The maximum atomic E-state index is 6.30. The number of para-hydroxylation sites is 1. The summed E-state index contributed by atoms with van der Waals surface area (Å²) in [5.41, 5.74) is 6.26. The summed E-state index contributed by atoms with van der Waals surface area (Å²) < 4.78 is 5.39. The Morgan fingerprint density at radius 3 is 2.52 bits per heavy atom. The second-order valence-electron chi connectivity index (χ2n) is 5.18. The van der Waals surface area contributed by atoms with Gasteiger partial charge in [0.2, 0.25) is 0 Å². The van der Waals surface area contributed by atoms with E-state index in [-0.39, 0.29) is 6.04 Å². The summed E-state index contributed by atoms with van der Waals surface area (Å²) in [6.07, 6.45) is 1.55. The summed E-state index contributed by atoms with van der Waals surface area (Å²) in [4.78, 5) is 0. The lowest BCUT2D eigenvalue weighted by atomic mass is 9.98. The van der Waals surface area contributed by atoms with Crippen LogP contribution in [0.5, 0.6) is 5.75 Å². The minimum atomic E-state index is 0.0986. The predicted molar refractivity (Wildman–Crippen MR) is 87.7 cm³/mol. The first-order chi connectivity index (χ1) is 10.1. The van der Waals surface area contributed by atoms with Crippen LogP contribution in [0.4, 0.5) is 0 Å². The molecule has 4 heteroatoms. The number of methoxy groups -OCH3 is 1. The molecule has 2 aromatic rings. The molecule has 0 aliphatic carbocycles. The largest absolute Gasteiger partial charge is 0.496 e. The predicted octanol–water partition coefficient (Wildman–Crippen LogP) is 3.27. The van der Waals surface area contributed by atoms with Crippen LogP contribution in [0.15, 0.2) is 42.5 Å². The van der Waals surface area contributed by atoms with E-state index in [0.29, 0.717) is 0 Å². The molecule has 0 saturated carbocycles. The van der Waals surface area contributed by atoms with Gasteiger partial charge in [-0.05, 0) is 48.6 Å². The first kappa shape index (κ1) is 15.8. The van der Waals surface area contributed by atoms with E-state index in [4.69, 9.17) is 22.2 Å². The van der Waals surface area contributed by atoms with Crippen molar-refractivity contribution in [3.63, 3.8) is 0 Å². The molecule has 0 heterocycles. The number of benzene rings is 2. The molecular weight excluding hydrogens is 284 g/mol. The van der Waals surface area contributed by atoms with E-state index in [9.17, 15) is 0 Å². The van der Waals surface area contributed by atoms with Gasteiger partial charge >= 0.3 is 0 Å². The first-order valence-electron chi connectivity index (χ1n) is 6.97. The van der Waals surface area contributed by atoms with Crippen LogP contribution in [0.2, 0.25) is 5.02 Å².